The molecule has 3 heteroatoms. The summed E-state index contributed by atoms with van der Waals surface area (Å²) in [4.78, 5) is 0. The van der Waals surface area contributed by atoms with Crippen LogP contribution in [0.2, 0.25) is 0 Å². The Kier molecular flexibility index (Phi) is 1.98. The Balaban J connectivity index is 2.11. The summed E-state index contributed by atoms with van der Waals surface area (Å²) in [7, 11) is 0. The van der Waals surface area contributed by atoms with Crippen LogP contribution in [0.4, 0.5) is 5.69 Å². The molecule has 64 valence electrons. The Labute approximate surface area is 71.6 Å². The van der Waals surface area contributed by atoms with Crippen molar-refractivity contribution in [2.75, 3.05) is 18.6 Å². The highest BCUT2D eigenvalue weighted by Crippen LogP contribution is 2.23. The normalized spacial score (nSPS) is 15.8. The number of para-hydroxylation sites is 1. The number of anilines is 1. The number of β-amino-alcohol motifs (C(OH)–C–C–N with tert-alkyl or cyclic N) is 1. The highest BCUT2D eigenvalue weighted by atomic mass is 16.3. The lowest BCUT2D eigenvalue weighted by Gasteiger charge is -2.13. The summed E-state index contributed by atoms with van der Waals surface area (Å²) in [5, 5.41) is 10.7. The number of aliphatic hydroxyl groups is 1. The summed E-state index contributed by atoms with van der Waals surface area (Å²) < 4.78 is 0. The number of fused-ring (bicyclic) bond motifs is 1. The molecule has 0 saturated heterocycles. The van der Waals surface area contributed by atoms with E-state index in [1.165, 1.54) is 5.56 Å². The van der Waals surface area contributed by atoms with Crippen LogP contribution in [0.15, 0.2) is 24.3 Å². The third kappa shape index (κ3) is 1.29. The van der Waals surface area contributed by atoms with E-state index in [2.05, 4.69) is 11.5 Å². The van der Waals surface area contributed by atoms with Gasteiger partial charge < -0.3 is 10.5 Å². The first-order chi connectivity index (χ1) is 5.90. The predicted octanol–water partition coefficient (Wildman–Crippen LogP) is 0.821. The van der Waals surface area contributed by atoms with Crippen molar-refractivity contribution in [1.82, 2.24) is 5.01 Å². The van der Waals surface area contributed by atoms with Gasteiger partial charge in [0.1, 0.15) is 0 Å². The summed E-state index contributed by atoms with van der Waals surface area (Å²) in [6, 6.07) is 8.18. The van der Waals surface area contributed by atoms with Gasteiger partial charge >= 0.3 is 0 Å². The SMILES string of the molecule is OCCN1Cc2ccccc2N1. The summed E-state index contributed by atoms with van der Waals surface area (Å²) in [6.45, 7) is 1.76. The molecule has 3 nitrogen and oxygen atoms in total. The van der Waals surface area contributed by atoms with Crippen LogP contribution in [-0.4, -0.2) is 23.3 Å². The van der Waals surface area contributed by atoms with Crippen LogP contribution in [0.1, 0.15) is 5.56 Å². The summed E-state index contributed by atoms with van der Waals surface area (Å²) >= 11 is 0. The van der Waals surface area contributed by atoms with Crippen molar-refractivity contribution in [1.29, 1.82) is 0 Å². The third-order valence-electron chi connectivity index (χ3n) is 2.03. The Morgan fingerprint density at radius 1 is 1.42 bits per heavy atom. The number of hydrogen-bond acceptors (Lipinski definition) is 3. The highest BCUT2D eigenvalue weighted by molar-refractivity contribution is 5.53. The van der Waals surface area contributed by atoms with Crippen molar-refractivity contribution in [2.45, 2.75) is 6.54 Å². The number of rotatable bonds is 2. The van der Waals surface area contributed by atoms with Gasteiger partial charge in [0.15, 0.2) is 0 Å². The average Bonchev–Trinajstić information content (AvgIpc) is 2.47. The van der Waals surface area contributed by atoms with E-state index in [1.807, 2.05) is 23.2 Å². The van der Waals surface area contributed by atoms with Crippen LogP contribution in [-0.2, 0) is 6.54 Å². The van der Waals surface area contributed by atoms with Crippen LogP contribution < -0.4 is 5.43 Å². The van der Waals surface area contributed by atoms with Gasteiger partial charge in [-0.2, -0.15) is 0 Å². The van der Waals surface area contributed by atoms with E-state index >= 15 is 0 Å². The molecule has 12 heavy (non-hydrogen) atoms. The van der Waals surface area contributed by atoms with Gasteiger partial charge in [0, 0.05) is 13.1 Å². The molecular weight excluding hydrogens is 152 g/mol. The average molecular weight is 164 g/mol. The molecule has 0 saturated carbocycles. The molecule has 1 aliphatic rings. The zero-order chi connectivity index (χ0) is 8.39. The van der Waals surface area contributed by atoms with Gasteiger partial charge in [-0.25, -0.2) is 5.01 Å². The minimum atomic E-state index is 0.195. The van der Waals surface area contributed by atoms with Crippen molar-refractivity contribution in [3.05, 3.63) is 29.8 Å². The van der Waals surface area contributed by atoms with E-state index in [4.69, 9.17) is 5.11 Å². The summed E-state index contributed by atoms with van der Waals surface area (Å²) in [5.41, 5.74) is 5.66. The van der Waals surface area contributed by atoms with Gasteiger partial charge in [-0.15, -0.1) is 0 Å². The fourth-order valence-electron chi connectivity index (χ4n) is 1.44. The number of nitrogens with one attached hydrogen (secondary N) is 1. The Bertz CT molecular complexity index is 250. The summed E-state index contributed by atoms with van der Waals surface area (Å²) in [5.74, 6) is 0. The second kappa shape index (κ2) is 3.13. The van der Waals surface area contributed by atoms with Gasteiger partial charge in [-0.05, 0) is 11.6 Å². The molecule has 2 N–H and O–H groups in total. The maximum absolute atomic E-state index is 8.72. The highest BCUT2D eigenvalue weighted by Gasteiger charge is 2.15. The first-order valence-electron chi connectivity index (χ1n) is 4.10. The molecule has 1 heterocycles. The van der Waals surface area contributed by atoms with Crippen molar-refractivity contribution < 1.29 is 5.11 Å². The monoisotopic (exact) mass is 164 g/mol. The lowest BCUT2D eigenvalue weighted by atomic mass is 10.2. The van der Waals surface area contributed by atoms with E-state index < -0.39 is 0 Å². The van der Waals surface area contributed by atoms with Crippen molar-refractivity contribution >= 4 is 5.69 Å². The maximum Gasteiger partial charge on any atom is 0.0577 e. The summed E-state index contributed by atoms with van der Waals surface area (Å²) in [6.07, 6.45) is 0. The first-order valence-corrected chi connectivity index (χ1v) is 4.10. The largest absolute Gasteiger partial charge is 0.395 e. The van der Waals surface area contributed by atoms with E-state index in [-0.39, 0.29) is 6.61 Å². The molecule has 0 radical (unpaired) electrons. The maximum atomic E-state index is 8.72. The molecule has 0 bridgehead atoms. The van der Waals surface area contributed by atoms with Gasteiger partial charge in [-0.3, -0.25) is 0 Å². The second-order valence-corrected chi connectivity index (χ2v) is 2.91. The molecule has 2 rings (SSSR count). The van der Waals surface area contributed by atoms with E-state index in [0.29, 0.717) is 6.54 Å². The minimum absolute atomic E-state index is 0.195. The molecule has 1 aromatic rings. The number of hydrogen-bond donors (Lipinski definition) is 2. The molecule has 0 aromatic heterocycles. The zero-order valence-electron chi connectivity index (χ0n) is 6.83. The lowest BCUT2D eigenvalue weighted by Crippen LogP contribution is -2.26. The molecule has 0 unspecified atom stereocenters. The topological polar surface area (TPSA) is 35.5 Å². The smallest absolute Gasteiger partial charge is 0.0577 e. The van der Waals surface area contributed by atoms with Crippen LogP contribution >= 0.6 is 0 Å². The fourth-order valence-corrected chi connectivity index (χ4v) is 1.44. The van der Waals surface area contributed by atoms with Gasteiger partial charge in [0.05, 0.1) is 12.3 Å². The van der Waals surface area contributed by atoms with Crippen LogP contribution in [0.5, 0.6) is 0 Å². The van der Waals surface area contributed by atoms with Crippen molar-refractivity contribution in [3.8, 4) is 0 Å². The number of hydrazine groups is 1. The molecule has 0 atom stereocenters. The Morgan fingerprint density at radius 2 is 2.25 bits per heavy atom. The third-order valence-corrected chi connectivity index (χ3v) is 2.03. The molecule has 0 amide bonds. The molecular formula is C9H12N2O. The molecule has 1 aromatic carbocycles. The predicted molar refractivity (Wildman–Crippen MR) is 47.6 cm³/mol. The molecule has 0 aliphatic carbocycles. The lowest BCUT2D eigenvalue weighted by molar-refractivity contribution is 0.223. The second-order valence-electron chi connectivity index (χ2n) is 2.91. The Morgan fingerprint density at radius 3 is 3.00 bits per heavy atom. The fraction of sp³-hybridized carbons (Fsp3) is 0.333. The Hall–Kier alpha value is -1.06. The van der Waals surface area contributed by atoms with Crippen molar-refractivity contribution in [2.24, 2.45) is 0 Å². The molecule has 0 spiro atoms. The van der Waals surface area contributed by atoms with Crippen LogP contribution in [0.25, 0.3) is 0 Å². The zero-order valence-corrected chi connectivity index (χ0v) is 6.83. The standard InChI is InChI=1S/C9H12N2O/c12-6-5-11-7-8-3-1-2-4-9(8)10-11/h1-4,10,12H,5-7H2. The van der Waals surface area contributed by atoms with Gasteiger partial charge in [0.25, 0.3) is 0 Å². The van der Waals surface area contributed by atoms with E-state index in [0.717, 1.165) is 12.2 Å². The molecule has 0 fully saturated rings. The minimum Gasteiger partial charge on any atom is -0.395 e. The van der Waals surface area contributed by atoms with Gasteiger partial charge in [-0.1, -0.05) is 18.2 Å². The number of nitrogens with zero attached hydrogens (tertiary/aromatic N) is 1. The first kappa shape index (κ1) is 7.58. The van der Waals surface area contributed by atoms with Gasteiger partial charge in [0.2, 0.25) is 0 Å². The van der Waals surface area contributed by atoms with Crippen molar-refractivity contribution in [3.63, 3.8) is 0 Å². The van der Waals surface area contributed by atoms with Crippen LogP contribution in [0, 0.1) is 0 Å². The van der Waals surface area contributed by atoms with E-state index in [1.54, 1.807) is 0 Å². The van der Waals surface area contributed by atoms with E-state index in [9.17, 15) is 0 Å². The van der Waals surface area contributed by atoms with Crippen LogP contribution in [0.3, 0.4) is 0 Å². The molecule has 1 aliphatic heterocycles. The number of aliphatic hydroxyl groups excluding tert-OH is 1. The number of benzene rings is 1. The quantitative estimate of drug-likeness (QED) is 0.679.